The zero-order chi connectivity index (χ0) is 22.5. The number of hydrogen-bond acceptors (Lipinski definition) is 6. The van der Waals surface area contributed by atoms with Gasteiger partial charge in [0.2, 0.25) is 0 Å². The Hall–Kier alpha value is -4.08. The molecule has 0 heterocycles. The van der Waals surface area contributed by atoms with Gasteiger partial charge in [0.25, 0.3) is 0 Å². The van der Waals surface area contributed by atoms with Crippen LogP contribution in [0.1, 0.15) is 11.1 Å². The van der Waals surface area contributed by atoms with Crippen molar-refractivity contribution in [3.05, 3.63) is 80.5 Å². The number of hydrogen-bond donors (Lipinski definition) is 4. The molecule has 0 aliphatic carbocycles. The van der Waals surface area contributed by atoms with Gasteiger partial charge in [-0.25, -0.2) is 0 Å². The summed E-state index contributed by atoms with van der Waals surface area (Å²) in [7, 11) is 0. The first kappa shape index (κ1) is 24.0. The molecule has 2 aromatic rings. The van der Waals surface area contributed by atoms with Crippen molar-refractivity contribution in [3.8, 4) is 0 Å². The van der Waals surface area contributed by atoms with E-state index < -0.39 is 24.0 Å². The Balaban J connectivity index is 0.000000300. The van der Waals surface area contributed by atoms with Crippen LogP contribution >= 0.6 is 0 Å². The summed E-state index contributed by atoms with van der Waals surface area (Å²) in [6, 6.07) is 11.4. The molecule has 0 aromatic heterocycles. The third-order valence-corrected chi connectivity index (χ3v) is 3.74. The summed E-state index contributed by atoms with van der Waals surface area (Å²) in [5.41, 5.74) is 29.6. The second-order valence-corrected chi connectivity index (χ2v) is 6.01. The maximum atomic E-state index is 10.5. The lowest BCUT2D eigenvalue weighted by Crippen LogP contribution is -2.32. The van der Waals surface area contributed by atoms with Crippen LogP contribution in [0.15, 0.2) is 58.8 Å². The Morgan fingerprint density at radius 2 is 1.07 bits per heavy atom. The minimum absolute atomic E-state index is 0.256. The maximum absolute atomic E-state index is 10.5. The molecule has 2 aromatic carbocycles. The number of carbonyl (C=O) groups is 2. The largest absolute Gasteiger partial charge is 0.480 e. The molecule has 0 fully saturated rings. The van der Waals surface area contributed by atoms with Gasteiger partial charge in [0.15, 0.2) is 0 Å². The second kappa shape index (κ2) is 12.4. The molecule has 0 saturated carbocycles. The van der Waals surface area contributed by atoms with Gasteiger partial charge in [0, 0.05) is 21.2 Å². The molecule has 0 bridgehead atoms. The van der Waals surface area contributed by atoms with E-state index in [1.54, 1.807) is 48.5 Å². The van der Waals surface area contributed by atoms with Crippen molar-refractivity contribution in [1.82, 2.24) is 0 Å². The van der Waals surface area contributed by atoms with Crippen LogP contribution in [0.2, 0.25) is 0 Å². The molecule has 2 atom stereocenters. The van der Waals surface area contributed by atoms with Crippen molar-refractivity contribution in [2.45, 2.75) is 24.9 Å². The first-order chi connectivity index (χ1) is 14.3. The average Bonchev–Trinajstić information content (AvgIpc) is 2.71. The van der Waals surface area contributed by atoms with E-state index >= 15 is 0 Å². The number of azide groups is 2. The van der Waals surface area contributed by atoms with Crippen LogP contribution in [-0.2, 0) is 22.4 Å². The number of nitrogens with two attached hydrogens (primary N) is 2. The summed E-state index contributed by atoms with van der Waals surface area (Å²) in [4.78, 5) is 26.2. The topological polar surface area (TPSA) is 224 Å². The highest BCUT2D eigenvalue weighted by Gasteiger charge is 2.12. The molecule has 0 saturated heterocycles. The molecule has 0 spiro atoms. The van der Waals surface area contributed by atoms with Gasteiger partial charge in [0.05, 0.1) is 0 Å². The standard InChI is InChI=1S/2C9H10N4O2/c2*10-8(9(14)15)5-6-1-3-7(4-2-6)12-13-11/h2*1-4,8H,5,10H2,(H,14,15). The number of benzene rings is 2. The first-order valence-corrected chi connectivity index (χ1v) is 8.51. The zero-order valence-corrected chi connectivity index (χ0v) is 15.7. The zero-order valence-electron chi connectivity index (χ0n) is 15.7. The summed E-state index contributed by atoms with van der Waals surface area (Å²) < 4.78 is 0. The predicted octanol–water partition coefficient (Wildman–Crippen LogP) is 3.17. The molecule has 0 amide bonds. The molecule has 12 nitrogen and oxygen atoms in total. The highest BCUT2D eigenvalue weighted by atomic mass is 16.4. The monoisotopic (exact) mass is 412 g/mol. The van der Waals surface area contributed by atoms with Gasteiger partial charge in [0.1, 0.15) is 12.1 Å². The van der Waals surface area contributed by atoms with Crippen LogP contribution < -0.4 is 11.5 Å². The lowest BCUT2D eigenvalue weighted by molar-refractivity contribution is -0.139. The minimum atomic E-state index is -1.03. The smallest absolute Gasteiger partial charge is 0.320 e. The fourth-order valence-corrected chi connectivity index (χ4v) is 2.18. The van der Waals surface area contributed by atoms with Crippen molar-refractivity contribution in [2.24, 2.45) is 21.7 Å². The summed E-state index contributed by atoms with van der Waals surface area (Å²) in [5.74, 6) is -2.07. The van der Waals surface area contributed by atoms with Gasteiger partial charge in [-0.15, -0.1) is 0 Å². The molecule has 30 heavy (non-hydrogen) atoms. The van der Waals surface area contributed by atoms with E-state index in [1.165, 1.54) is 0 Å². The summed E-state index contributed by atoms with van der Waals surface area (Å²) >= 11 is 0. The Bertz CT molecular complexity index is 870. The average molecular weight is 412 g/mol. The van der Waals surface area contributed by atoms with E-state index in [2.05, 4.69) is 20.1 Å². The molecule has 12 heteroatoms. The van der Waals surface area contributed by atoms with Gasteiger partial charge in [-0.1, -0.05) is 58.8 Å². The molecule has 0 aliphatic heterocycles. The second-order valence-electron chi connectivity index (χ2n) is 6.01. The van der Waals surface area contributed by atoms with E-state index in [-0.39, 0.29) is 12.8 Å². The number of nitrogens with zero attached hydrogens (tertiary/aromatic N) is 6. The Labute approximate surface area is 171 Å². The number of rotatable bonds is 8. The van der Waals surface area contributed by atoms with E-state index in [0.29, 0.717) is 11.4 Å². The summed E-state index contributed by atoms with van der Waals surface area (Å²) in [5, 5.41) is 24.0. The highest BCUT2D eigenvalue weighted by molar-refractivity contribution is 5.74. The number of carboxylic acids is 2. The molecule has 0 radical (unpaired) electrons. The van der Waals surface area contributed by atoms with Crippen LogP contribution in [0, 0.1) is 0 Å². The summed E-state index contributed by atoms with van der Waals surface area (Å²) in [6.07, 6.45) is 0.512. The normalized spacial score (nSPS) is 11.5. The SMILES string of the molecule is [N-]=[N+]=Nc1ccc(CC(N)C(=O)O)cc1.[N-]=[N+]=Nc1ccc(CC(N)C(=O)O)cc1. The Morgan fingerprint density at radius 1 is 0.767 bits per heavy atom. The predicted molar refractivity (Wildman–Crippen MR) is 109 cm³/mol. The van der Waals surface area contributed by atoms with Crippen molar-refractivity contribution < 1.29 is 19.8 Å². The Morgan fingerprint density at radius 3 is 1.30 bits per heavy atom. The minimum Gasteiger partial charge on any atom is -0.480 e. The van der Waals surface area contributed by atoms with Crippen LogP contribution in [0.25, 0.3) is 20.9 Å². The molecule has 0 aliphatic rings. The quantitative estimate of drug-likeness (QED) is 0.289. The molecule has 2 unspecified atom stereocenters. The molecular formula is C18H20N8O4. The van der Waals surface area contributed by atoms with E-state index in [0.717, 1.165) is 11.1 Å². The van der Waals surface area contributed by atoms with Crippen molar-refractivity contribution in [3.63, 3.8) is 0 Å². The van der Waals surface area contributed by atoms with E-state index in [1.807, 2.05) is 0 Å². The summed E-state index contributed by atoms with van der Waals surface area (Å²) in [6.45, 7) is 0. The van der Waals surface area contributed by atoms with Crippen LogP contribution in [0.4, 0.5) is 11.4 Å². The third kappa shape index (κ3) is 8.74. The van der Waals surface area contributed by atoms with Gasteiger partial charge in [-0.2, -0.15) is 0 Å². The molecule has 6 N–H and O–H groups in total. The molecule has 156 valence electrons. The molecule has 2 rings (SSSR count). The lowest BCUT2D eigenvalue weighted by atomic mass is 10.1. The molecular weight excluding hydrogens is 392 g/mol. The number of carboxylic acid groups (broad SMARTS) is 2. The van der Waals surface area contributed by atoms with Crippen LogP contribution in [0.3, 0.4) is 0 Å². The first-order valence-electron chi connectivity index (χ1n) is 8.51. The number of aliphatic carboxylic acids is 2. The van der Waals surface area contributed by atoms with Gasteiger partial charge < -0.3 is 21.7 Å². The van der Waals surface area contributed by atoms with Crippen LogP contribution in [-0.4, -0.2) is 34.2 Å². The van der Waals surface area contributed by atoms with Crippen LogP contribution in [0.5, 0.6) is 0 Å². The third-order valence-electron chi connectivity index (χ3n) is 3.74. The van der Waals surface area contributed by atoms with Gasteiger partial charge in [-0.3, -0.25) is 9.59 Å². The van der Waals surface area contributed by atoms with Crippen molar-refractivity contribution in [2.75, 3.05) is 0 Å². The highest BCUT2D eigenvalue weighted by Crippen LogP contribution is 2.14. The van der Waals surface area contributed by atoms with Gasteiger partial charge >= 0.3 is 11.9 Å². The fourth-order valence-electron chi connectivity index (χ4n) is 2.18. The van der Waals surface area contributed by atoms with Crippen molar-refractivity contribution in [1.29, 1.82) is 0 Å². The van der Waals surface area contributed by atoms with Gasteiger partial charge in [-0.05, 0) is 35.0 Å². The fraction of sp³-hybridized carbons (Fsp3) is 0.222. The van der Waals surface area contributed by atoms with Crippen molar-refractivity contribution >= 4 is 23.3 Å². The maximum Gasteiger partial charge on any atom is 0.320 e. The van der Waals surface area contributed by atoms with E-state index in [9.17, 15) is 9.59 Å². The van der Waals surface area contributed by atoms with E-state index in [4.69, 9.17) is 32.7 Å². The Kier molecular flexibility index (Phi) is 9.90. The lowest BCUT2D eigenvalue weighted by Gasteiger charge is -2.05.